The molecule has 0 fully saturated rings. The molecule has 0 saturated carbocycles. The van der Waals surface area contributed by atoms with Crippen molar-refractivity contribution in [3.63, 3.8) is 0 Å². The Kier molecular flexibility index (Phi) is 4.41. The highest BCUT2D eigenvalue weighted by molar-refractivity contribution is 6.33. The number of hydrogen-bond acceptors (Lipinski definition) is 5. The fourth-order valence-electron chi connectivity index (χ4n) is 4.66. The maximum absolute atomic E-state index is 15.0. The number of H-pyrrole nitrogens is 1. The number of urea groups is 1. The minimum atomic E-state index is -0.613. The number of aromatic nitrogens is 3. The van der Waals surface area contributed by atoms with Gasteiger partial charge in [-0.1, -0.05) is 22.8 Å². The number of carbonyl (C=O) groups is 1. The van der Waals surface area contributed by atoms with Crippen molar-refractivity contribution in [3.05, 3.63) is 75.0 Å². The Bertz CT molecular complexity index is 1560. The van der Waals surface area contributed by atoms with Gasteiger partial charge in [0.1, 0.15) is 11.7 Å². The van der Waals surface area contributed by atoms with E-state index in [0.29, 0.717) is 41.7 Å². The van der Waals surface area contributed by atoms with E-state index in [-0.39, 0.29) is 22.3 Å². The molecule has 6 rings (SSSR count). The summed E-state index contributed by atoms with van der Waals surface area (Å²) in [4.78, 5) is 24.7. The molecule has 2 N–H and O–H groups in total. The van der Waals surface area contributed by atoms with Crippen LogP contribution in [0.1, 0.15) is 30.1 Å². The van der Waals surface area contributed by atoms with Gasteiger partial charge in [0.2, 0.25) is 0 Å². The van der Waals surface area contributed by atoms with Gasteiger partial charge in [-0.05, 0) is 29.3 Å². The molecule has 1 atom stereocenters. The molecular weight excluding hydrogens is 449 g/mol. The third-order valence-electron chi connectivity index (χ3n) is 6.17. The minimum absolute atomic E-state index is 0.0188. The number of hydrogen-bond donors (Lipinski definition) is 2. The number of halogens is 2. The molecule has 4 aromatic rings. The van der Waals surface area contributed by atoms with Gasteiger partial charge < -0.3 is 4.52 Å². The lowest BCUT2D eigenvalue weighted by Crippen LogP contribution is -2.36. The van der Waals surface area contributed by atoms with Crippen LogP contribution in [0.15, 0.2) is 51.9 Å². The zero-order valence-electron chi connectivity index (χ0n) is 17.1. The molecule has 2 bridgehead atoms. The summed E-state index contributed by atoms with van der Waals surface area (Å²) in [7, 11) is 0. The van der Waals surface area contributed by atoms with Crippen molar-refractivity contribution in [1.29, 1.82) is 0 Å². The predicted molar refractivity (Wildman–Crippen MR) is 119 cm³/mol. The van der Waals surface area contributed by atoms with E-state index in [0.717, 1.165) is 16.7 Å². The summed E-state index contributed by atoms with van der Waals surface area (Å²) >= 11 is 6.45. The van der Waals surface area contributed by atoms with Crippen LogP contribution >= 0.6 is 11.6 Å². The van der Waals surface area contributed by atoms with Gasteiger partial charge in [0.25, 0.3) is 5.56 Å². The maximum Gasteiger partial charge on any atom is 0.496 e. The van der Waals surface area contributed by atoms with Crippen molar-refractivity contribution in [1.82, 2.24) is 15.4 Å². The first-order valence-electron chi connectivity index (χ1n) is 10.4. The van der Waals surface area contributed by atoms with E-state index in [1.54, 1.807) is 22.9 Å². The SMILES string of the molecule is O=C(Nc1cc(Cl)c(-c2ccc3cnoc3c2)cc1F)[N+]1=C2CC[C@@H]1c1n[nH]c(=O)cc1C2. The molecular formula is C23H16ClFN5O3+. The van der Waals surface area contributed by atoms with Gasteiger partial charge in [-0.25, -0.2) is 14.8 Å². The van der Waals surface area contributed by atoms with Gasteiger partial charge >= 0.3 is 6.03 Å². The molecule has 8 nitrogen and oxygen atoms in total. The van der Waals surface area contributed by atoms with E-state index in [1.807, 2.05) is 6.07 Å². The molecule has 33 heavy (non-hydrogen) atoms. The largest absolute Gasteiger partial charge is 0.496 e. The fourth-order valence-corrected chi connectivity index (χ4v) is 4.93. The van der Waals surface area contributed by atoms with Crippen LogP contribution in [0.25, 0.3) is 22.1 Å². The van der Waals surface area contributed by atoms with Gasteiger partial charge in [0.05, 0.1) is 16.9 Å². The third kappa shape index (κ3) is 3.23. The van der Waals surface area contributed by atoms with Crippen molar-refractivity contribution in [2.24, 2.45) is 0 Å². The summed E-state index contributed by atoms with van der Waals surface area (Å²) in [6.45, 7) is 0. The van der Waals surface area contributed by atoms with Crippen molar-refractivity contribution in [3.8, 4) is 11.1 Å². The summed E-state index contributed by atoms with van der Waals surface area (Å²) in [6, 6.07) is 8.79. The van der Waals surface area contributed by atoms with Crippen molar-refractivity contribution >= 4 is 40.0 Å². The lowest BCUT2D eigenvalue weighted by atomic mass is 10.0. The monoisotopic (exact) mass is 464 g/mol. The lowest BCUT2D eigenvalue weighted by Gasteiger charge is -2.19. The van der Waals surface area contributed by atoms with Crippen LogP contribution in [0, 0.1) is 5.82 Å². The zero-order chi connectivity index (χ0) is 22.7. The molecule has 0 saturated heterocycles. The lowest BCUT2D eigenvalue weighted by molar-refractivity contribution is -0.469. The van der Waals surface area contributed by atoms with Crippen LogP contribution in [0.2, 0.25) is 5.02 Å². The number of nitrogens with zero attached hydrogens (tertiary/aromatic N) is 3. The van der Waals surface area contributed by atoms with Crippen LogP contribution in [0.4, 0.5) is 14.9 Å². The highest BCUT2D eigenvalue weighted by Gasteiger charge is 2.42. The number of anilines is 1. The van der Waals surface area contributed by atoms with Gasteiger partial charge in [-0.15, -0.1) is 0 Å². The molecule has 0 unspecified atom stereocenters. The first-order chi connectivity index (χ1) is 16.0. The molecule has 2 aromatic heterocycles. The molecule has 2 aliphatic heterocycles. The highest BCUT2D eigenvalue weighted by atomic mass is 35.5. The number of benzene rings is 2. The fraction of sp³-hybridized carbons (Fsp3) is 0.174. The van der Waals surface area contributed by atoms with E-state index in [1.165, 1.54) is 18.2 Å². The number of fused-ring (bicyclic) bond motifs is 4. The van der Waals surface area contributed by atoms with E-state index in [4.69, 9.17) is 16.1 Å². The number of nitrogens with one attached hydrogen (secondary N) is 2. The van der Waals surface area contributed by atoms with E-state index in [9.17, 15) is 9.59 Å². The molecule has 2 aliphatic rings. The Morgan fingerprint density at radius 2 is 2.15 bits per heavy atom. The Hall–Kier alpha value is -3.85. The normalized spacial score (nSPS) is 16.8. The molecule has 0 radical (unpaired) electrons. The summed E-state index contributed by atoms with van der Waals surface area (Å²) < 4.78 is 21.8. The number of carbonyl (C=O) groups excluding carboxylic acids is 1. The minimum Gasteiger partial charge on any atom is -0.356 e. The Labute approximate surface area is 190 Å². The van der Waals surface area contributed by atoms with Crippen molar-refractivity contribution in [2.75, 3.05) is 5.32 Å². The second-order valence-electron chi connectivity index (χ2n) is 8.13. The van der Waals surface area contributed by atoms with Gasteiger partial charge in [0.15, 0.2) is 17.1 Å². The summed E-state index contributed by atoms with van der Waals surface area (Å²) in [5, 5.41) is 14.1. The Balaban J connectivity index is 1.30. The second kappa shape index (κ2) is 7.35. The average Bonchev–Trinajstić information content (AvgIpc) is 3.39. The zero-order valence-corrected chi connectivity index (χ0v) is 17.8. The van der Waals surface area contributed by atoms with Gasteiger partial charge in [-0.2, -0.15) is 14.5 Å². The van der Waals surface area contributed by atoms with Gasteiger partial charge in [0, 0.05) is 42.3 Å². The first-order valence-corrected chi connectivity index (χ1v) is 10.7. The molecule has 0 aliphatic carbocycles. The number of aromatic amines is 1. The van der Waals surface area contributed by atoms with Crippen LogP contribution in [-0.4, -0.2) is 31.7 Å². The second-order valence-corrected chi connectivity index (χ2v) is 8.54. The molecule has 10 heteroatoms. The summed E-state index contributed by atoms with van der Waals surface area (Å²) in [5.41, 5.74) is 3.78. The standard InChI is InChI=1S/C23H15ClFN5O3/c24-16-9-18(17(25)8-15(16)11-1-2-12-10-26-33-20(12)6-11)27-23(32)30-14-3-4-19(30)22-13(5-14)7-21(31)28-29-22/h1-2,6-10,19H,3-5H2,(H-,26,27,28,31,32)/p+1/t19-/m1/s1. The maximum atomic E-state index is 15.0. The highest BCUT2D eigenvalue weighted by Crippen LogP contribution is 2.37. The van der Waals surface area contributed by atoms with E-state index < -0.39 is 11.8 Å². The van der Waals surface area contributed by atoms with Crippen LogP contribution in [0.3, 0.4) is 0 Å². The summed E-state index contributed by atoms with van der Waals surface area (Å²) in [6.07, 6.45) is 3.45. The number of amides is 2. The smallest absolute Gasteiger partial charge is 0.356 e. The molecule has 2 aromatic carbocycles. The Morgan fingerprint density at radius 3 is 3.03 bits per heavy atom. The van der Waals surface area contributed by atoms with Gasteiger partial charge in [-0.3, -0.25) is 4.79 Å². The molecule has 4 heterocycles. The topological polar surface area (TPSA) is 104 Å². The summed E-state index contributed by atoms with van der Waals surface area (Å²) in [5.74, 6) is -0.613. The molecule has 0 spiro atoms. The van der Waals surface area contributed by atoms with Crippen LogP contribution in [0.5, 0.6) is 0 Å². The van der Waals surface area contributed by atoms with Crippen LogP contribution < -0.4 is 10.9 Å². The van der Waals surface area contributed by atoms with Crippen molar-refractivity contribution in [2.45, 2.75) is 25.3 Å². The third-order valence-corrected chi connectivity index (χ3v) is 6.49. The predicted octanol–water partition coefficient (Wildman–Crippen LogP) is 4.45. The molecule has 2 amide bonds. The Morgan fingerprint density at radius 1 is 1.27 bits per heavy atom. The van der Waals surface area contributed by atoms with Crippen molar-refractivity contribution < 1.29 is 18.3 Å². The van der Waals surface area contributed by atoms with E-state index in [2.05, 4.69) is 20.7 Å². The average molecular weight is 465 g/mol. The number of rotatable bonds is 2. The first kappa shape index (κ1) is 19.8. The van der Waals surface area contributed by atoms with E-state index >= 15 is 4.39 Å². The van der Waals surface area contributed by atoms with Crippen LogP contribution in [-0.2, 0) is 6.42 Å². The molecule has 164 valence electrons. The quantitative estimate of drug-likeness (QED) is 0.426.